The van der Waals surface area contributed by atoms with Gasteiger partial charge in [0, 0.05) is 25.6 Å². The predicted octanol–water partition coefficient (Wildman–Crippen LogP) is 2.79. The van der Waals surface area contributed by atoms with Gasteiger partial charge in [-0.2, -0.15) is 0 Å². The van der Waals surface area contributed by atoms with Gasteiger partial charge >= 0.3 is 5.97 Å². The Morgan fingerprint density at radius 2 is 1.95 bits per heavy atom. The van der Waals surface area contributed by atoms with Crippen LogP contribution < -0.4 is 0 Å². The lowest BCUT2D eigenvalue weighted by molar-refractivity contribution is -0.135. The van der Waals surface area contributed by atoms with Gasteiger partial charge in [0.2, 0.25) is 5.91 Å². The molecule has 1 fully saturated rings. The molecular formula is C17H21NO3. The molecule has 0 bridgehead atoms. The molecule has 4 heteroatoms. The molecule has 1 unspecified atom stereocenters. The summed E-state index contributed by atoms with van der Waals surface area (Å²) in [6.45, 7) is 2.59. The van der Waals surface area contributed by atoms with E-state index in [1.807, 2.05) is 38.2 Å². The summed E-state index contributed by atoms with van der Waals surface area (Å²) in [6.07, 6.45) is 5.01. The molecule has 1 atom stereocenters. The number of carboxylic acid groups (broad SMARTS) is 1. The number of hydrogen-bond acceptors (Lipinski definition) is 2. The molecule has 1 aromatic rings. The van der Waals surface area contributed by atoms with E-state index in [0.29, 0.717) is 12.5 Å². The molecule has 0 aliphatic heterocycles. The molecule has 1 amide bonds. The minimum Gasteiger partial charge on any atom is -0.478 e. The standard InChI is InChI=1S/C17H21NO3/c1-12(15-8-9-15)17(21)18(2)11-14-5-3-13(4-6-14)7-10-16(19)20/h3-7,10,12,15H,8-9,11H2,1-2H3,(H,19,20)/b10-7+. The molecule has 0 heterocycles. The summed E-state index contributed by atoms with van der Waals surface area (Å²) in [6, 6.07) is 7.56. The fraction of sp³-hybridized carbons (Fsp3) is 0.412. The lowest BCUT2D eigenvalue weighted by atomic mass is 10.0. The van der Waals surface area contributed by atoms with E-state index < -0.39 is 5.97 Å². The van der Waals surface area contributed by atoms with Gasteiger partial charge in [-0.25, -0.2) is 4.79 Å². The number of amides is 1. The van der Waals surface area contributed by atoms with Crippen LogP contribution in [0.1, 0.15) is 30.9 Å². The predicted molar refractivity (Wildman–Crippen MR) is 81.5 cm³/mol. The van der Waals surface area contributed by atoms with Crippen molar-refractivity contribution in [3.63, 3.8) is 0 Å². The van der Waals surface area contributed by atoms with Crippen LogP contribution in [0.4, 0.5) is 0 Å². The third-order valence-electron chi connectivity index (χ3n) is 3.91. The number of aliphatic carboxylic acids is 1. The Balaban J connectivity index is 1.93. The third-order valence-corrected chi connectivity index (χ3v) is 3.91. The Kier molecular flexibility index (Phi) is 4.78. The lowest BCUT2D eigenvalue weighted by Gasteiger charge is -2.21. The Morgan fingerprint density at radius 3 is 2.48 bits per heavy atom. The van der Waals surface area contributed by atoms with Gasteiger partial charge in [-0.05, 0) is 36.0 Å². The summed E-state index contributed by atoms with van der Waals surface area (Å²) >= 11 is 0. The van der Waals surface area contributed by atoms with Gasteiger partial charge in [0.05, 0.1) is 0 Å². The molecule has 1 aliphatic carbocycles. The highest BCUT2D eigenvalue weighted by Gasteiger charge is 2.33. The van der Waals surface area contributed by atoms with Gasteiger partial charge < -0.3 is 10.0 Å². The molecular weight excluding hydrogens is 266 g/mol. The Bertz CT molecular complexity index is 544. The molecule has 1 aromatic carbocycles. The number of carbonyl (C=O) groups excluding carboxylic acids is 1. The van der Waals surface area contributed by atoms with Crippen LogP contribution in [0.5, 0.6) is 0 Å². The van der Waals surface area contributed by atoms with Gasteiger partial charge in [-0.1, -0.05) is 31.2 Å². The highest BCUT2D eigenvalue weighted by atomic mass is 16.4. The maximum absolute atomic E-state index is 12.2. The van der Waals surface area contributed by atoms with E-state index in [9.17, 15) is 9.59 Å². The fourth-order valence-electron chi connectivity index (χ4n) is 2.40. The number of carbonyl (C=O) groups is 2. The zero-order valence-electron chi connectivity index (χ0n) is 12.5. The SMILES string of the molecule is CC(C(=O)N(C)Cc1ccc(/C=C/C(=O)O)cc1)C1CC1. The number of hydrogen-bond donors (Lipinski definition) is 1. The molecule has 0 saturated heterocycles. The minimum absolute atomic E-state index is 0.118. The average Bonchev–Trinajstić information content (AvgIpc) is 3.29. The second kappa shape index (κ2) is 6.57. The number of carboxylic acids is 1. The molecule has 0 aromatic heterocycles. The molecule has 1 N–H and O–H groups in total. The Morgan fingerprint density at radius 1 is 1.33 bits per heavy atom. The van der Waals surface area contributed by atoms with Crippen molar-refractivity contribution >= 4 is 18.0 Å². The highest BCUT2D eigenvalue weighted by Crippen LogP contribution is 2.37. The molecule has 1 aliphatic rings. The first kappa shape index (κ1) is 15.3. The summed E-state index contributed by atoms with van der Waals surface area (Å²) in [5, 5.41) is 8.58. The minimum atomic E-state index is -0.960. The maximum Gasteiger partial charge on any atom is 0.328 e. The van der Waals surface area contributed by atoms with Gasteiger partial charge in [-0.3, -0.25) is 4.79 Å². The molecule has 4 nitrogen and oxygen atoms in total. The summed E-state index contributed by atoms with van der Waals surface area (Å²) in [4.78, 5) is 24.4. The number of benzene rings is 1. The van der Waals surface area contributed by atoms with Crippen LogP contribution in [0.15, 0.2) is 30.3 Å². The van der Waals surface area contributed by atoms with E-state index in [2.05, 4.69) is 0 Å². The van der Waals surface area contributed by atoms with Crippen molar-refractivity contribution in [2.45, 2.75) is 26.3 Å². The largest absolute Gasteiger partial charge is 0.478 e. The van der Waals surface area contributed by atoms with Crippen molar-refractivity contribution in [2.75, 3.05) is 7.05 Å². The summed E-state index contributed by atoms with van der Waals surface area (Å²) in [5.41, 5.74) is 1.88. The number of nitrogens with zero attached hydrogens (tertiary/aromatic N) is 1. The van der Waals surface area contributed by atoms with Gasteiger partial charge in [-0.15, -0.1) is 0 Å². The van der Waals surface area contributed by atoms with Gasteiger partial charge in [0.25, 0.3) is 0 Å². The quantitative estimate of drug-likeness (QED) is 0.818. The second-order valence-electron chi connectivity index (χ2n) is 5.73. The lowest BCUT2D eigenvalue weighted by Crippen LogP contribution is -2.32. The van der Waals surface area contributed by atoms with Crippen molar-refractivity contribution in [3.05, 3.63) is 41.5 Å². The zero-order valence-corrected chi connectivity index (χ0v) is 12.5. The van der Waals surface area contributed by atoms with Crippen molar-refractivity contribution in [2.24, 2.45) is 11.8 Å². The summed E-state index contributed by atoms with van der Waals surface area (Å²) < 4.78 is 0. The Hall–Kier alpha value is -2.10. The summed E-state index contributed by atoms with van der Waals surface area (Å²) in [5.74, 6) is -0.0675. The first-order valence-electron chi connectivity index (χ1n) is 7.22. The van der Waals surface area contributed by atoms with Crippen LogP contribution >= 0.6 is 0 Å². The second-order valence-corrected chi connectivity index (χ2v) is 5.73. The zero-order chi connectivity index (χ0) is 15.4. The van der Waals surface area contributed by atoms with E-state index in [-0.39, 0.29) is 11.8 Å². The van der Waals surface area contributed by atoms with E-state index >= 15 is 0 Å². The third kappa shape index (κ3) is 4.45. The molecule has 0 spiro atoms. The highest BCUT2D eigenvalue weighted by molar-refractivity contribution is 5.85. The van der Waals surface area contributed by atoms with Crippen LogP contribution in [0.3, 0.4) is 0 Å². The first-order chi connectivity index (χ1) is 9.97. The Labute approximate surface area is 125 Å². The topological polar surface area (TPSA) is 57.6 Å². The average molecular weight is 287 g/mol. The van der Waals surface area contributed by atoms with E-state index in [0.717, 1.165) is 17.2 Å². The molecule has 2 rings (SSSR count). The van der Waals surface area contributed by atoms with Crippen LogP contribution in [0.25, 0.3) is 6.08 Å². The van der Waals surface area contributed by atoms with E-state index in [1.165, 1.54) is 12.8 Å². The fourth-order valence-corrected chi connectivity index (χ4v) is 2.40. The van der Waals surface area contributed by atoms with Gasteiger partial charge in [0.15, 0.2) is 0 Å². The molecule has 112 valence electrons. The van der Waals surface area contributed by atoms with Gasteiger partial charge in [0.1, 0.15) is 0 Å². The molecule has 0 radical (unpaired) electrons. The summed E-state index contributed by atoms with van der Waals surface area (Å²) in [7, 11) is 1.83. The molecule has 1 saturated carbocycles. The normalized spacial score (nSPS) is 15.9. The van der Waals surface area contributed by atoms with Crippen molar-refractivity contribution in [3.8, 4) is 0 Å². The van der Waals surface area contributed by atoms with Crippen molar-refractivity contribution in [1.82, 2.24) is 4.90 Å². The van der Waals surface area contributed by atoms with Crippen molar-refractivity contribution in [1.29, 1.82) is 0 Å². The van der Waals surface area contributed by atoms with E-state index in [1.54, 1.807) is 11.0 Å². The van der Waals surface area contributed by atoms with Crippen LogP contribution in [-0.2, 0) is 16.1 Å². The van der Waals surface area contributed by atoms with E-state index in [4.69, 9.17) is 5.11 Å². The first-order valence-corrected chi connectivity index (χ1v) is 7.22. The number of rotatable bonds is 6. The monoisotopic (exact) mass is 287 g/mol. The molecule has 21 heavy (non-hydrogen) atoms. The smallest absolute Gasteiger partial charge is 0.328 e. The van der Waals surface area contributed by atoms with Crippen LogP contribution in [-0.4, -0.2) is 28.9 Å². The van der Waals surface area contributed by atoms with Crippen LogP contribution in [0, 0.1) is 11.8 Å². The maximum atomic E-state index is 12.2. The van der Waals surface area contributed by atoms with Crippen molar-refractivity contribution < 1.29 is 14.7 Å². The van der Waals surface area contributed by atoms with Crippen LogP contribution in [0.2, 0.25) is 0 Å².